The van der Waals surface area contributed by atoms with Gasteiger partial charge in [0, 0.05) is 13.1 Å². The molecule has 0 radical (unpaired) electrons. The molecule has 6 heteroatoms. The van der Waals surface area contributed by atoms with Gasteiger partial charge in [-0.1, -0.05) is 12.1 Å². The lowest BCUT2D eigenvalue weighted by atomic mass is 10.0. The molecular weight excluding hydrogens is 276 g/mol. The summed E-state index contributed by atoms with van der Waals surface area (Å²) in [6.45, 7) is 2.50. The van der Waals surface area contributed by atoms with Crippen LogP contribution in [0.25, 0.3) is 0 Å². The normalized spacial score (nSPS) is 21.6. The minimum Gasteiger partial charge on any atom is -0.393 e. The molecule has 0 spiro atoms. The summed E-state index contributed by atoms with van der Waals surface area (Å²) in [4.78, 5) is 0.241. The first-order chi connectivity index (χ1) is 9.45. The van der Waals surface area contributed by atoms with Crippen molar-refractivity contribution >= 4 is 10.0 Å². The first-order valence-corrected chi connectivity index (χ1v) is 8.03. The van der Waals surface area contributed by atoms with Gasteiger partial charge >= 0.3 is 0 Å². The Morgan fingerprint density at radius 1 is 1.45 bits per heavy atom. The van der Waals surface area contributed by atoms with E-state index in [-0.39, 0.29) is 17.2 Å². The molecule has 2 atom stereocenters. The highest BCUT2D eigenvalue weighted by molar-refractivity contribution is 7.89. The van der Waals surface area contributed by atoms with Crippen LogP contribution in [-0.2, 0) is 16.4 Å². The number of nitriles is 1. The zero-order valence-corrected chi connectivity index (χ0v) is 12.2. The molecule has 0 aromatic heterocycles. The molecule has 1 aromatic rings. The summed E-state index contributed by atoms with van der Waals surface area (Å²) in [5.41, 5.74) is 0.801. The van der Waals surface area contributed by atoms with E-state index in [9.17, 15) is 13.5 Å². The van der Waals surface area contributed by atoms with Crippen LogP contribution in [0.2, 0.25) is 0 Å². The topological polar surface area (TPSA) is 81.4 Å². The third-order valence-electron chi connectivity index (χ3n) is 3.71. The molecule has 0 amide bonds. The van der Waals surface area contributed by atoms with Crippen LogP contribution in [0.3, 0.4) is 0 Å². The van der Waals surface area contributed by atoms with Crippen LogP contribution in [-0.4, -0.2) is 37.0 Å². The first kappa shape index (κ1) is 15.0. The highest BCUT2D eigenvalue weighted by atomic mass is 32.2. The monoisotopic (exact) mass is 294 g/mol. The first-order valence-electron chi connectivity index (χ1n) is 6.59. The predicted octanol–water partition coefficient (Wildman–Crippen LogP) is 1.14. The number of benzene rings is 1. The van der Waals surface area contributed by atoms with Gasteiger partial charge in [0.1, 0.15) is 0 Å². The molecule has 0 aliphatic carbocycles. The van der Waals surface area contributed by atoms with E-state index in [2.05, 4.69) is 0 Å². The number of aliphatic hydroxyl groups excluding tert-OH is 1. The fraction of sp³-hybridized carbons (Fsp3) is 0.500. The molecule has 1 aliphatic heterocycles. The summed E-state index contributed by atoms with van der Waals surface area (Å²) < 4.78 is 26.3. The summed E-state index contributed by atoms with van der Waals surface area (Å²) in [6.07, 6.45) is 0.464. The molecule has 108 valence electrons. The van der Waals surface area contributed by atoms with Gasteiger partial charge in [0.25, 0.3) is 0 Å². The van der Waals surface area contributed by atoms with Gasteiger partial charge in [0.05, 0.1) is 23.5 Å². The molecule has 1 aliphatic rings. The fourth-order valence-corrected chi connectivity index (χ4v) is 3.90. The van der Waals surface area contributed by atoms with E-state index in [1.165, 1.54) is 16.4 Å². The third-order valence-corrected chi connectivity index (χ3v) is 5.59. The van der Waals surface area contributed by atoms with Gasteiger partial charge in [0.15, 0.2) is 0 Å². The lowest BCUT2D eigenvalue weighted by molar-refractivity contribution is 0.133. The van der Waals surface area contributed by atoms with Gasteiger partial charge in [-0.2, -0.15) is 9.57 Å². The largest absolute Gasteiger partial charge is 0.393 e. The smallest absolute Gasteiger partial charge is 0.243 e. The van der Waals surface area contributed by atoms with Gasteiger partial charge in [-0.3, -0.25) is 0 Å². The minimum atomic E-state index is -3.50. The molecule has 2 rings (SSSR count). The second-order valence-corrected chi connectivity index (χ2v) is 7.07. The SMILES string of the molecule is CC(O)C1CCN(S(=O)(=O)c2ccc(CC#N)cc2)C1. The zero-order chi connectivity index (χ0) is 14.8. The lowest BCUT2D eigenvalue weighted by Gasteiger charge is -2.17. The summed E-state index contributed by atoms with van der Waals surface area (Å²) >= 11 is 0. The maximum absolute atomic E-state index is 12.5. The number of rotatable bonds is 4. The Morgan fingerprint density at radius 3 is 2.60 bits per heavy atom. The molecular formula is C14H18N2O3S. The number of sulfonamides is 1. The summed E-state index contributed by atoms with van der Waals surface area (Å²) in [5, 5.41) is 18.2. The van der Waals surface area contributed by atoms with Crippen LogP contribution in [0, 0.1) is 17.2 Å². The van der Waals surface area contributed by atoms with Gasteiger partial charge in [-0.15, -0.1) is 0 Å². The van der Waals surface area contributed by atoms with E-state index in [0.29, 0.717) is 19.5 Å². The molecule has 0 saturated carbocycles. The van der Waals surface area contributed by atoms with Crippen LogP contribution in [0.1, 0.15) is 18.9 Å². The van der Waals surface area contributed by atoms with Gasteiger partial charge in [-0.25, -0.2) is 8.42 Å². The average Bonchev–Trinajstić information content (AvgIpc) is 2.90. The van der Waals surface area contributed by atoms with Gasteiger partial charge in [-0.05, 0) is 37.0 Å². The number of hydrogen-bond acceptors (Lipinski definition) is 4. The van der Waals surface area contributed by atoms with Crippen LogP contribution < -0.4 is 0 Å². The standard InChI is InChI=1S/C14H18N2O3S/c1-11(17)13-7-9-16(10-13)20(18,19)14-4-2-12(3-5-14)6-8-15/h2-5,11,13,17H,6-7,9-10H2,1H3. The predicted molar refractivity (Wildman–Crippen MR) is 74.3 cm³/mol. The molecule has 1 heterocycles. The Bertz CT molecular complexity index is 602. The molecule has 1 N–H and O–H groups in total. The summed E-state index contributed by atoms with van der Waals surface area (Å²) in [6, 6.07) is 8.44. The fourth-order valence-electron chi connectivity index (χ4n) is 2.39. The Morgan fingerprint density at radius 2 is 2.10 bits per heavy atom. The molecule has 1 saturated heterocycles. The Balaban J connectivity index is 2.17. The Labute approximate surface area is 119 Å². The zero-order valence-electron chi connectivity index (χ0n) is 11.4. The number of aliphatic hydroxyl groups is 1. The molecule has 20 heavy (non-hydrogen) atoms. The van der Waals surface area contributed by atoms with Crippen LogP contribution in [0.5, 0.6) is 0 Å². The number of nitrogens with zero attached hydrogens (tertiary/aromatic N) is 2. The highest BCUT2D eigenvalue weighted by Crippen LogP contribution is 2.26. The van der Waals surface area contributed by atoms with Crippen LogP contribution >= 0.6 is 0 Å². The molecule has 5 nitrogen and oxygen atoms in total. The average molecular weight is 294 g/mol. The second-order valence-electron chi connectivity index (χ2n) is 5.13. The molecule has 1 aromatic carbocycles. The van der Waals surface area contributed by atoms with Crippen molar-refractivity contribution in [1.29, 1.82) is 5.26 Å². The van der Waals surface area contributed by atoms with E-state index < -0.39 is 16.1 Å². The molecule has 1 fully saturated rings. The summed E-state index contributed by atoms with van der Waals surface area (Å²) in [5.74, 6) is 0.00244. The molecule has 2 unspecified atom stereocenters. The van der Waals surface area contributed by atoms with Gasteiger partial charge < -0.3 is 5.11 Å². The Kier molecular flexibility index (Phi) is 4.43. The van der Waals surface area contributed by atoms with E-state index in [1.54, 1.807) is 19.1 Å². The van der Waals surface area contributed by atoms with Crippen molar-refractivity contribution in [3.05, 3.63) is 29.8 Å². The maximum atomic E-state index is 12.5. The van der Waals surface area contributed by atoms with Crippen molar-refractivity contribution in [2.45, 2.75) is 30.8 Å². The van der Waals surface area contributed by atoms with Gasteiger partial charge in [0.2, 0.25) is 10.0 Å². The van der Waals surface area contributed by atoms with E-state index in [1.807, 2.05) is 6.07 Å². The quantitative estimate of drug-likeness (QED) is 0.903. The second kappa shape index (κ2) is 5.92. The highest BCUT2D eigenvalue weighted by Gasteiger charge is 2.34. The van der Waals surface area contributed by atoms with Crippen molar-refractivity contribution in [2.75, 3.05) is 13.1 Å². The van der Waals surface area contributed by atoms with E-state index >= 15 is 0 Å². The van der Waals surface area contributed by atoms with Crippen molar-refractivity contribution in [1.82, 2.24) is 4.31 Å². The van der Waals surface area contributed by atoms with Crippen molar-refractivity contribution in [2.24, 2.45) is 5.92 Å². The number of hydrogen-bond donors (Lipinski definition) is 1. The lowest BCUT2D eigenvalue weighted by Crippen LogP contribution is -2.30. The minimum absolute atomic E-state index is 0.00244. The van der Waals surface area contributed by atoms with Crippen LogP contribution in [0.4, 0.5) is 0 Å². The third kappa shape index (κ3) is 3.01. The summed E-state index contributed by atoms with van der Waals surface area (Å²) in [7, 11) is -3.50. The van der Waals surface area contributed by atoms with Crippen molar-refractivity contribution < 1.29 is 13.5 Å². The Hall–Kier alpha value is -1.42. The van der Waals surface area contributed by atoms with Crippen LogP contribution in [0.15, 0.2) is 29.2 Å². The van der Waals surface area contributed by atoms with Crippen molar-refractivity contribution in [3.8, 4) is 6.07 Å². The molecule has 0 bridgehead atoms. The van der Waals surface area contributed by atoms with E-state index in [0.717, 1.165) is 5.56 Å². The van der Waals surface area contributed by atoms with Crippen molar-refractivity contribution in [3.63, 3.8) is 0 Å². The van der Waals surface area contributed by atoms with E-state index in [4.69, 9.17) is 5.26 Å². The maximum Gasteiger partial charge on any atom is 0.243 e.